The molecular formula is C17H22N2. The highest BCUT2D eigenvalue weighted by Crippen LogP contribution is 2.18. The Morgan fingerprint density at radius 1 is 1.11 bits per heavy atom. The fourth-order valence-electron chi connectivity index (χ4n) is 2.95. The summed E-state index contributed by atoms with van der Waals surface area (Å²) in [5.74, 6) is 0. The standard InChI is InChI=1S/C17H22N2/c1-2-9-17-14(5-1)6-3-7-15(17)13-18-12-10-16-8-4-11-19-16/h1-3,5-7,9,16,18-19H,4,8,10-13H2. The van der Waals surface area contributed by atoms with Crippen LogP contribution in [0.3, 0.4) is 0 Å². The molecule has 1 saturated heterocycles. The van der Waals surface area contributed by atoms with Crippen LogP contribution in [-0.2, 0) is 6.54 Å². The van der Waals surface area contributed by atoms with Crippen molar-refractivity contribution in [2.75, 3.05) is 13.1 Å². The maximum atomic E-state index is 3.58. The van der Waals surface area contributed by atoms with Gasteiger partial charge in [0.15, 0.2) is 0 Å². The van der Waals surface area contributed by atoms with Gasteiger partial charge in [0.05, 0.1) is 0 Å². The van der Waals surface area contributed by atoms with Gasteiger partial charge in [-0.3, -0.25) is 0 Å². The molecule has 3 rings (SSSR count). The zero-order valence-corrected chi connectivity index (χ0v) is 11.4. The minimum absolute atomic E-state index is 0.736. The quantitative estimate of drug-likeness (QED) is 0.801. The third-order valence-corrected chi connectivity index (χ3v) is 4.03. The molecule has 2 heteroatoms. The molecule has 1 fully saturated rings. The second kappa shape index (κ2) is 6.18. The SMILES string of the molecule is c1ccc2c(CNCCC3CCCN3)cccc2c1. The molecule has 2 nitrogen and oxygen atoms in total. The van der Waals surface area contributed by atoms with E-state index in [4.69, 9.17) is 0 Å². The largest absolute Gasteiger partial charge is 0.314 e. The molecule has 19 heavy (non-hydrogen) atoms. The van der Waals surface area contributed by atoms with Gasteiger partial charge in [-0.15, -0.1) is 0 Å². The highest BCUT2D eigenvalue weighted by atomic mass is 14.9. The van der Waals surface area contributed by atoms with Crippen LogP contribution in [-0.4, -0.2) is 19.1 Å². The smallest absolute Gasteiger partial charge is 0.0211 e. The van der Waals surface area contributed by atoms with Crippen molar-refractivity contribution < 1.29 is 0 Å². The van der Waals surface area contributed by atoms with Gasteiger partial charge in [0.1, 0.15) is 0 Å². The zero-order chi connectivity index (χ0) is 12.9. The molecule has 0 amide bonds. The second-order valence-electron chi connectivity index (χ2n) is 5.40. The molecule has 0 spiro atoms. The summed E-state index contributed by atoms with van der Waals surface area (Å²) in [6.45, 7) is 3.27. The van der Waals surface area contributed by atoms with Crippen LogP contribution in [0.1, 0.15) is 24.8 Å². The van der Waals surface area contributed by atoms with Gasteiger partial charge in [-0.1, -0.05) is 42.5 Å². The highest BCUT2D eigenvalue weighted by Gasteiger charge is 2.12. The van der Waals surface area contributed by atoms with Crippen LogP contribution in [0, 0.1) is 0 Å². The Morgan fingerprint density at radius 3 is 2.89 bits per heavy atom. The van der Waals surface area contributed by atoms with Gasteiger partial charge in [-0.05, 0) is 48.7 Å². The van der Waals surface area contributed by atoms with Gasteiger partial charge >= 0.3 is 0 Å². The summed E-state index contributed by atoms with van der Waals surface area (Å²) in [5.41, 5.74) is 1.40. The Morgan fingerprint density at radius 2 is 2.00 bits per heavy atom. The van der Waals surface area contributed by atoms with Crippen LogP contribution in [0.25, 0.3) is 10.8 Å². The van der Waals surface area contributed by atoms with Gasteiger partial charge in [0, 0.05) is 12.6 Å². The van der Waals surface area contributed by atoms with Crippen LogP contribution < -0.4 is 10.6 Å². The first-order chi connectivity index (χ1) is 9.43. The number of rotatable bonds is 5. The van der Waals surface area contributed by atoms with E-state index in [0.717, 1.165) is 19.1 Å². The van der Waals surface area contributed by atoms with Crippen molar-refractivity contribution >= 4 is 10.8 Å². The lowest BCUT2D eigenvalue weighted by atomic mass is 10.0. The molecule has 2 aromatic carbocycles. The van der Waals surface area contributed by atoms with E-state index >= 15 is 0 Å². The fourth-order valence-corrected chi connectivity index (χ4v) is 2.95. The molecule has 1 heterocycles. The van der Waals surface area contributed by atoms with E-state index in [9.17, 15) is 0 Å². The molecule has 0 radical (unpaired) electrons. The number of benzene rings is 2. The highest BCUT2D eigenvalue weighted by molar-refractivity contribution is 5.85. The topological polar surface area (TPSA) is 24.1 Å². The fraction of sp³-hybridized carbons (Fsp3) is 0.412. The third-order valence-electron chi connectivity index (χ3n) is 4.03. The average Bonchev–Trinajstić information content (AvgIpc) is 2.97. The number of hydrogen-bond acceptors (Lipinski definition) is 2. The van der Waals surface area contributed by atoms with Crippen molar-refractivity contribution in [3.05, 3.63) is 48.0 Å². The monoisotopic (exact) mass is 254 g/mol. The maximum absolute atomic E-state index is 3.58. The molecular weight excluding hydrogens is 232 g/mol. The van der Waals surface area contributed by atoms with Gasteiger partial charge < -0.3 is 10.6 Å². The Hall–Kier alpha value is -1.38. The first kappa shape index (κ1) is 12.6. The Bertz CT molecular complexity index is 524. The van der Waals surface area contributed by atoms with E-state index in [2.05, 4.69) is 53.1 Å². The molecule has 2 N–H and O–H groups in total. The molecule has 100 valence electrons. The zero-order valence-electron chi connectivity index (χ0n) is 11.4. The summed E-state index contributed by atoms with van der Waals surface area (Å²) in [6.07, 6.45) is 3.93. The van der Waals surface area contributed by atoms with Crippen LogP contribution in [0.5, 0.6) is 0 Å². The van der Waals surface area contributed by atoms with Crippen molar-refractivity contribution in [1.82, 2.24) is 10.6 Å². The number of hydrogen-bond donors (Lipinski definition) is 2. The summed E-state index contributed by atoms with van der Waals surface area (Å²) in [7, 11) is 0. The number of nitrogens with one attached hydrogen (secondary N) is 2. The number of fused-ring (bicyclic) bond motifs is 1. The predicted molar refractivity (Wildman–Crippen MR) is 81.3 cm³/mol. The van der Waals surface area contributed by atoms with E-state index in [1.54, 1.807) is 0 Å². The Kier molecular flexibility index (Phi) is 4.11. The summed E-state index contributed by atoms with van der Waals surface area (Å²) in [5, 5.41) is 9.83. The van der Waals surface area contributed by atoms with Crippen LogP contribution >= 0.6 is 0 Å². The second-order valence-corrected chi connectivity index (χ2v) is 5.40. The van der Waals surface area contributed by atoms with Crippen LogP contribution in [0.15, 0.2) is 42.5 Å². The molecule has 1 atom stereocenters. The Balaban J connectivity index is 1.56. The molecule has 1 aliphatic rings. The maximum Gasteiger partial charge on any atom is 0.0211 e. The normalized spacial score (nSPS) is 19.1. The van der Waals surface area contributed by atoms with E-state index in [1.807, 2.05) is 0 Å². The van der Waals surface area contributed by atoms with Crippen LogP contribution in [0.4, 0.5) is 0 Å². The molecule has 1 unspecified atom stereocenters. The van der Waals surface area contributed by atoms with Crippen molar-refractivity contribution in [2.45, 2.75) is 31.8 Å². The molecule has 1 aliphatic heterocycles. The lowest BCUT2D eigenvalue weighted by molar-refractivity contribution is 0.524. The minimum atomic E-state index is 0.736. The summed E-state index contributed by atoms with van der Waals surface area (Å²) in [4.78, 5) is 0. The van der Waals surface area contributed by atoms with E-state index < -0.39 is 0 Å². The van der Waals surface area contributed by atoms with Gasteiger partial charge in [-0.2, -0.15) is 0 Å². The van der Waals surface area contributed by atoms with Crippen molar-refractivity contribution in [3.8, 4) is 0 Å². The first-order valence-electron chi connectivity index (χ1n) is 7.34. The average molecular weight is 254 g/mol. The van der Waals surface area contributed by atoms with Crippen molar-refractivity contribution in [3.63, 3.8) is 0 Å². The third kappa shape index (κ3) is 3.14. The van der Waals surface area contributed by atoms with Crippen molar-refractivity contribution in [1.29, 1.82) is 0 Å². The van der Waals surface area contributed by atoms with Gasteiger partial charge in [0.25, 0.3) is 0 Å². The van der Waals surface area contributed by atoms with Crippen LogP contribution in [0.2, 0.25) is 0 Å². The van der Waals surface area contributed by atoms with E-state index in [0.29, 0.717) is 0 Å². The van der Waals surface area contributed by atoms with E-state index in [-0.39, 0.29) is 0 Å². The Labute approximate surface area is 115 Å². The molecule has 0 bridgehead atoms. The van der Waals surface area contributed by atoms with Gasteiger partial charge in [0.2, 0.25) is 0 Å². The summed E-state index contributed by atoms with van der Waals surface area (Å²) in [6, 6.07) is 15.9. The summed E-state index contributed by atoms with van der Waals surface area (Å²) < 4.78 is 0. The molecule has 0 saturated carbocycles. The molecule has 0 aromatic heterocycles. The molecule has 2 aromatic rings. The summed E-state index contributed by atoms with van der Waals surface area (Å²) >= 11 is 0. The lowest BCUT2D eigenvalue weighted by Gasteiger charge is -2.11. The molecule has 0 aliphatic carbocycles. The predicted octanol–water partition coefficient (Wildman–Crippen LogP) is 3.07. The van der Waals surface area contributed by atoms with Crippen molar-refractivity contribution in [2.24, 2.45) is 0 Å². The first-order valence-corrected chi connectivity index (χ1v) is 7.34. The van der Waals surface area contributed by atoms with E-state index in [1.165, 1.54) is 42.1 Å². The lowest BCUT2D eigenvalue weighted by Crippen LogP contribution is -2.26. The minimum Gasteiger partial charge on any atom is -0.314 e. The van der Waals surface area contributed by atoms with Gasteiger partial charge in [-0.25, -0.2) is 0 Å².